The molecular weight excluding hydrogens is 252 g/mol. The number of rotatable bonds is 0. The van der Waals surface area contributed by atoms with Crippen molar-refractivity contribution >= 4 is 0 Å². The van der Waals surface area contributed by atoms with Crippen molar-refractivity contribution in [2.75, 3.05) is 0 Å². The summed E-state index contributed by atoms with van der Waals surface area (Å²) >= 11 is 0. The van der Waals surface area contributed by atoms with Crippen molar-refractivity contribution in [2.45, 2.75) is 78.6 Å². The quantitative estimate of drug-likeness (QED) is 0.459. The van der Waals surface area contributed by atoms with Crippen LogP contribution in [0.3, 0.4) is 0 Å². The molecular formula is C21H32. The zero-order valence-electron chi connectivity index (χ0n) is 14.3. The molecule has 0 spiro atoms. The Morgan fingerprint density at radius 3 is 2.71 bits per heavy atom. The predicted octanol–water partition coefficient (Wildman–Crippen LogP) is 6.29. The standard InChI is InChI=1S/C21H32/c1-4-16-7-10-20-19-9-6-15-13-14(2)5-8-17(15)18(19)11-12-21(16,20)3/h4,14,18-20H,5-13H2,1-3H3/b16-4-/t14?,18?,19?,20?,21-/m1/s1. The monoisotopic (exact) mass is 284 g/mol. The molecule has 0 heterocycles. The number of fused-ring (bicyclic) bond motifs is 4. The van der Waals surface area contributed by atoms with Gasteiger partial charge in [0.1, 0.15) is 0 Å². The van der Waals surface area contributed by atoms with Crippen molar-refractivity contribution in [2.24, 2.45) is 29.1 Å². The molecule has 0 aromatic carbocycles. The van der Waals surface area contributed by atoms with E-state index in [2.05, 4.69) is 26.8 Å². The lowest BCUT2D eigenvalue weighted by Crippen LogP contribution is -2.42. The molecule has 0 amide bonds. The van der Waals surface area contributed by atoms with Crippen LogP contribution in [0.15, 0.2) is 22.8 Å². The first-order valence-corrected chi connectivity index (χ1v) is 9.50. The van der Waals surface area contributed by atoms with E-state index < -0.39 is 0 Å². The Balaban J connectivity index is 1.65. The summed E-state index contributed by atoms with van der Waals surface area (Å²) in [7, 11) is 0. The minimum absolute atomic E-state index is 0.565. The topological polar surface area (TPSA) is 0 Å². The van der Waals surface area contributed by atoms with E-state index in [9.17, 15) is 0 Å². The summed E-state index contributed by atoms with van der Waals surface area (Å²) < 4.78 is 0. The van der Waals surface area contributed by atoms with Crippen molar-refractivity contribution in [1.82, 2.24) is 0 Å². The molecule has 0 aromatic rings. The molecule has 116 valence electrons. The molecule has 0 aliphatic heterocycles. The van der Waals surface area contributed by atoms with Crippen molar-refractivity contribution in [1.29, 1.82) is 0 Å². The van der Waals surface area contributed by atoms with Crippen molar-refractivity contribution < 1.29 is 0 Å². The Hall–Kier alpha value is -0.520. The van der Waals surface area contributed by atoms with Gasteiger partial charge in [0.05, 0.1) is 0 Å². The molecule has 4 unspecified atom stereocenters. The molecule has 2 fully saturated rings. The van der Waals surface area contributed by atoms with Gasteiger partial charge in [-0.15, -0.1) is 0 Å². The molecule has 0 heteroatoms. The van der Waals surface area contributed by atoms with E-state index >= 15 is 0 Å². The van der Waals surface area contributed by atoms with Crippen LogP contribution in [-0.2, 0) is 0 Å². The van der Waals surface area contributed by atoms with Crippen LogP contribution in [0.2, 0.25) is 0 Å². The average Bonchev–Trinajstić information content (AvgIpc) is 2.83. The summed E-state index contributed by atoms with van der Waals surface area (Å²) in [6, 6.07) is 0. The molecule has 0 aromatic heterocycles. The van der Waals surface area contributed by atoms with Gasteiger partial charge in [0.2, 0.25) is 0 Å². The zero-order chi connectivity index (χ0) is 14.6. The fourth-order valence-electron chi connectivity index (χ4n) is 6.73. The second-order valence-corrected chi connectivity index (χ2v) is 8.70. The largest absolute Gasteiger partial charge is 0.0879 e. The Morgan fingerprint density at radius 1 is 1.05 bits per heavy atom. The Labute approximate surface area is 131 Å². The van der Waals surface area contributed by atoms with Gasteiger partial charge in [-0.1, -0.05) is 36.6 Å². The highest BCUT2D eigenvalue weighted by Crippen LogP contribution is 2.63. The van der Waals surface area contributed by atoms with Crippen LogP contribution < -0.4 is 0 Å². The van der Waals surface area contributed by atoms with Crippen LogP contribution in [0.1, 0.15) is 78.6 Å². The second kappa shape index (κ2) is 5.00. The molecule has 4 aliphatic rings. The molecule has 0 nitrogen and oxygen atoms in total. The lowest BCUT2D eigenvalue weighted by molar-refractivity contribution is 0.0593. The summed E-state index contributed by atoms with van der Waals surface area (Å²) in [5, 5.41) is 0. The molecule has 0 bridgehead atoms. The highest BCUT2D eigenvalue weighted by molar-refractivity contribution is 5.30. The van der Waals surface area contributed by atoms with Crippen molar-refractivity contribution in [3.8, 4) is 0 Å². The van der Waals surface area contributed by atoms with Crippen LogP contribution in [0, 0.1) is 29.1 Å². The van der Waals surface area contributed by atoms with Crippen LogP contribution in [0.25, 0.3) is 0 Å². The third-order valence-corrected chi connectivity index (χ3v) is 7.82. The predicted molar refractivity (Wildman–Crippen MR) is 90.1 cm³/mol. The molecule has 4 rings (SSSR count). The van der Waals surface area contributed by atoms with Gasteiger partial charge in [-0.2, -0.15) is 0 Å². The lowest BCUT2D eigenvalue weighted by atomic mass is 9.53. The number of allylic oxidation sites excluding steroid dienone is 4. The molecule has 21 heavy (non-hydrogen) atoms. The highest BCUT2D eigenvalue weighted by Gasteiger charge is 2.52. The minimum atomic E-state index is 0.565. The SMILES string of the molecule is C/C=C1/CCC2C3CCC4=C(CCC(C)C4)C3CC[C@]12C. The maximum absolute atomic E-state index is 2.60. The lowest BCUT2D eigenvalue weighted by Gasteiger charge is -2.51. The maximum Gasteiger partial charge on any atom is -0.00851 e. The van der Waals surface area contributed by atoms with Crippen LogP contribution in [0.5, 0.6) is 0 Å². The highest BCUT2D eigenvalue weighted by atomic mass is 14.6. The van der Waals surface area contributed by atoms with E-state index in [-0.39, 0.29) is 0 Å². The minimum Gasteiger partial charge on any atom is -0.0879 e. The van der Waals surface area contributed by atoms with Gasteiger partial charge < -0.3 is 0 Å². The van der Waals surface area contributed by atoms with Gasteiger partial charge in [0.15, 0.2) is 0 Å². The Kier molecular flexibility index (Phi) is 3.36. The summed E-state index contributed by atoms with van der Waals surface area (Å²) in [4.78, 5) is 0. The van der Waals surface area contributed by atoms with Gasteiger partial charge in [-0.05, 0) is 93.8 Å². The normalized spacial score (nSPS) is 48.0. The number of hydrogen-bond acceptors (Lipinski definition) is 0. The summed E-state index contributed by atoms with van der Waals surface area (Å²) in [5.74, 6) is 3.95. The van der Waals surface area contributed by atoms with Crippen LogP contribution in [-0.4, -0.2) is 0 Å². The fraction of sp³-hybridized carbons (Fsp3) is 0.810. The second-order valence-electron chi connectivity index (χ2n) is 8.70. The molecule has 4 aliphatic carbocycles. The van der Waals surface area contributed by atoms with E-state index in [1.54, 1.807) is 5.57 Å². The third kappa shape index (κ3) is 2.01. The van der Waals surface area contributed by atoms with E-state index in [4.69, 9.17) is 0 Å². The van der Waals surface area contributed by atoms with Crippen LogP contribution >= 0.6 is 0 Å². The first-order valence-electron chi connectivity index (χ1n) is 9.50. The Morgan fingerprint density at radius 2 is 1.90 bits per heavy atom. The Bertz CT molecular complexity index is 494. The summed E-state index contributed by atoms with van der Waals surface area (Å²) in [6.07, 6.45) is 15.6. The molecule has 0 N–H and O–H groups in total. The van der Waals surface area contributed by atoms with Gasteiger partial charge in [-0.25, -0.2) is 0 Å². The van der Waals surface area contributed by atoms with Crippen LogP contribution in [0.4, 0.5) is 0 Å². The van der Waals surface area contributed by atoms with Gasteiger partial charge >= 0.3 is 0 Å². The van der Waals surface area contributed by atoms with Gasteiger partial charge in [0.25, 0.3) is 0 Å². The average molecular weight is 284 g/mol. The van der Waals surface area contributed by atoms with E-state index in [1.807, 2.05) is 11.1 Å². The van der Waals surface area contributed by atoms with E-state index in [0.29, 0.717) is 5.41 Å². The summed E-state index contributed by atoms with van der Waals surface area (Å²) in [5.41, 5.74) is 6.22. The smallest absolute Gasteiger partial charge is 0.00851 e. The fourth-order valence-corrected chi connectivity index (χ4v) is 6.73. The molecule has 5 atom stereocenters. The van der Waals surface area contributed by atoms with Crippen molar-refractivity contribution in [3.63, 3.8) is 0 Å². The molecule has 0 saturated heterocycles. The third-order valence-electron chi connectivity index (χ3n) is 7.82. The van der Waals surface area contributed by atoms with E-state index in [0.717, 1.165) is 23.7 Å². The van der Waals surface area contributed by atoms with Gasteiger partial charge in [-0.3, -0.25) is 0 Å². The zero-order valence-corrected chi connectivity index (χ0v) is 14.3. The van der Waals surface area contributed by atoms with Crippen molar-refractivity contribution in [3.05, 3.63) is 22.8 Å². The molecule has 2 saturated carbocycles. The summed E-state index contributed by atoms with van der Waals surface area (Å²) in [6.45, 7) is 7.34. The van der Waals surface area contributed by atoms with E-state index in [1.165, 1.54) is 57.8 Å². The maximum atomic E-state index is 2.60. The van der Waals surface area contributed by atoms with Gasteiger partial charge in [0, 0.05) is 0 Å². The number of hydrogen-bond donors (Lipinski definition) is 0. The first kappa shape index (κ1) is 14.1. The first-order chi connectivity index (χ1) is 10.1. The molecule has 0 radical (unpaired) electrons.